The van der Waals surface area contributed by atoms with Gasteiger partial charge in [-0.1, -0.05) is 41.9 Å². The van der Waals surface area contributed by atoms with Crippen LogP contribution in [0.4, 0.5) is 5.69 Å². The Balaban J connectivity index is 1.85. The number of carbonyl (C=O) groups excluding carboxylic acids is 2. The lowest BCUT2D eigenvalue weighted by Crippen LogP contribution is -2.34. The first-order valence-corrected chi connectivity index (χ1v) is 8.82. The molecule has 0 saturated carbocycles. The topological polar surface area (TPSA) is 58.6 Å². The summed E-state index contributed by atoms with van der Waals surface area (Å²) in [7, 11) is 1.63. The van der Waals surface area contributed by atoms with Crippen molar-refractivity contribution in [2.24, 2.45) is 0 Å². The summed E-state index contributed by atoms with van der Waals surface area (Å²) in [5.41, 5.74) is 1.65. The predicted molar refractivity (Wildman–Crippen MR) is 104 cm³/mol. The smallest absolute Gasteiger partial charge is 0.223 e. The Labute approximate surface area is 158 Å². The zero-order valence-corrected chi connectivity index (χ0v) is 15.8. The molecule has 0 atom stereocenters. The van der Waals surface area contributed by atoms with Crippen molar-refractivity contribution in [3.63, 3.8) is 0 Å². The number of halogens is 1. The molecule has 2 amide bonds. The molecule has 26 heavy (non-hydrogen) atoms. The quantitative estimate of drug-likeness (QED) is 0.769. The summed E-state index contributed by atoms with van der Waals surface area (Å²) in [6.07, 6.45) is 0.882. The van der Waals surface area contributed by atoms with Crippen LogP contribution in [0.25, 0.3) is 0 Å². The molecule has 0 fully saturated rings. The summed E-state index contributed by atoms with van der Waals surface area (Å²) in [4.78, 5) is 25.5. The highest BCUT2D eigenvalue weighted by atomic mass is 35.5. The van der Waals surface area contributed by atoms with Crippen LogP contribution < -0.4 is 15.0 Å². The van der Waals surface area contributed by atoms with Crippen molar-refractivity contribution in [2.75, 3.05) is 25.1 Å². The lowest BCUT2D eigenvalue weighted by molar-refractivity contribution is -0.121. The molecule has 2 aromatic rings. The predicted octanol–water partition coefficient (Wildman–Crippen LogP) is 3.45. The van der Waals surface area contributed by atoms with Crippen molar-refractivity contribution in [1.29, 1.82) is 0 Å². The normalized spacial score (nSPS) is 10.3. The van der Waals surface area contributed by atoms with E-state index in [0.717, 1.165) is 11.3 Å². The number of nitrogens with zero attached hydrogens (tertiary/aromatic N) is 1. The number of ether oxygens (including phenoxy) is 1. The van der Waals surface area contributed by atoms with Crippen molar-refractivity contribution in [3.8, 4) is 5.75 Å². The molecule has 0 aliphatic heterocycles. The summed E-state index contributed by atoms with van der Waals surface area (Å²) >= 11 is 6.15. The molecule has 0 heterocycles. The van der Waals surface area contributed by atoms with Gasteiger partial charge < -0.3 is 15.0 Å². The van der Waals surface area contributed by atoms with E-state index in [4.69, 9.17) is 16.3 Å². The van der Waals surface area contributed by atoms with Crippen molar-refractivity contribution in [3.05, 3.63) is 59.1 Å². The SMILES string of the molecule is COc1ccccc1CCNC(=O)CCN(C(C)=O)c1ccccc1Cl. The third-order valence-electron chi connectivity index (χ3n) is 3.99. The Morgan fingerprint density at radius 2 is 1.81 bits per heavy atom. The minimum Gasteiger partial charge on any atom is -0.496 e. The van der Waals surface area contributed by atoms with Gasteiger partial charge in [0.1, 0.15) is 5.75 Å². The van der Waals surface area contributed by atoms with Gasteiger partial charge in [0.25, 0.3) is 0 Å². The summed E-state index contributed by atoms with van der Waals surface area (Å²) in [5, 5.41) is 3.36. The van der Waals surface area contributed by atoms with Gasteiger partial charge in [-0.2, -0.15) is 0 Å². The molecular weight excluding hydrogens is 352 g/mol. The second kappa shape index (κ2) is 9.82. The van der Waals surface area contributed by atoms with E-state index >= 15 is 0 Å². The maximum Gasteiger partial charge on any atom is 0.223 e. The zero-order valence-electron chi connectivity index (χ0n) is 15.0. The fourth-order valence-electron chi connectivity index (χ4n) is 2.67. The fraction of sp³-hybridized carbons (Fsp3) is 0.300. The van der Waals surface area contributed by atoms with Crippen LogP contribution in [0.5, 0.6) is 5.75 Å². The maximum atomic E-state index is 12.1. The number of benzene rings is 2. The monoisotopic (exact) mass is 374 g/mol. The second-order valence-corrected chi connectivity index (χ2v) is 6.19. The molecule has 0 radical (unpaired) electrons. The van der Waals surface area contributed by atoms with E-state index in [-0.39, 0.29) is 24.8 Å². The van der Waals surface area contributed by atoms with E-state index < -0.39 is 0 Å². The lowest BCUT2D eigenvalue weighted by atomic mass is 10.1. The molecular formula is C20H23ClN2O3. The number of amides is 2. The van der Waals surface area contributed by atoms with Crippen molar-refractivity contribution < 1.29 is 14.3 Å². The summed E-state index contributed by atoms with van der Waals surface area (Å²) in [5.74, 6) is 0.543. The van der Waals surface area contributed by atoms with Gasteiger partial charge in [0, 0.05) is 26.4 Å². The fourth-order valence-corrected chi connectivity index (χ4v) is 2.90. The molecule has 0 aromatic heterocycles. The van der Waals surface area contributed by atoms with Gasteiger partial charge in [-0.15, -0.1) is 0 Å². The Kier molecular flexibility index (Phi) is 7.48. The molecule has 0 aliphatic rings. The number of nitrogens with one attached hydrogen (secondary N) is 1. The molecule has 0 spiro atoms. The molecule has 0 aliphatic carbocycles. The van der Waals surface area contributed by atoms with Crippen LogP contribution in [0.3, 0.4) is 0 Å². The molecule has 2 aromatic carbocycles. The van der Waals surface area contributed by atoms with Crippen molar-refractivity contribution in [2.45, 2.75) is 19.8 Å². The van der Waals surface area contributed by atoms with Crippen LogP contribution in [0.1, 0.15) is 18.9 Å². The summed E-state index contributed by atoms with van der Waals surface area (Å²) in [6.45, 7) is 2.24. The first-order valence-electron chi connectivity index (χ1n) is 8.44. The van der Waals surface area contributed by atoms with E-state index in [1.165, 1.54) is 11.8 Å². The number of carbonyl (C=O) groups is 2. The highest BCUT2D eigenvalue weighted by Gasteiger charge is 2.15. The number of hydrogen-bond acceptors (Lipinski definition) is 3. The van der Waals surface area contributed by atoms with Gasteiger partial charge in [-0.05, 0) is 30.2 Å². The van der Waals surface area contributed by atoms with Crippen molar-refractivity contribution >= 4 is 29.1 Å². The Morgan fingerprint density at radius 1 is 1.12 bits per heavy atom. The Bertz CT molecular complexity index is 764. The average molecular weight is 375 g/mol. The number of anilines is 1. The minimum atomic E-state index is -0.153. The van der Waals surface area contributed by atoms with Gasteiger partial charge in [-0.3, -0.25) is 9.59 Å². The number of hydrogen-bond donors (Lipinski definition) is 1. The van der Waals surface area contributed by atoms with Gasteiger partial charge in [-0.25, -0.2) is 0 Å². The number of rotatable bonds is 8. The molecule has 0 saturated heterocycles. The average Bonchev–Trinajstić information content (AvgIpc) is 2.63. The summed E-state index contributed by atoms with van der Waals surface area (Å²) in [6, 6.07) is 14.8. The Morgan fingerprint density at radius 3 is 2.50 bits per heavy atom. The van der Waals surface area contributed by atoms with Gasteiger partial charge >= 0.3 is 0 Å². The third kappa shape index (κ3) is 5.49. The molecule has 6 heteroatoms. The number of para-hydroxylation sites is 2. The van der Waals surface area contributed by atoms with Crippen LogP contribution in [0.15, 0.2) is 48.5 Å². The van der Waals surface area contributed by atoms with Crippen LogP contribution in [0.2, 0.25) is 5.02 Å². The highest BCUT2D eigenvalue weighted by molar-refractivity contribution is 6.33. The zero-order chi connectivity index (χ0) is 18.9. The van der Waals surface area contributed by atoms with Crippen LogP contribution in [0, 0.1) is 0 Å². The maximum absolute atomic E-state index is 12.1. The third-order valence-corrected chi connectivity index (χ3v) is 4.31. The van der Waals surface area contributed by atoms with Crippen LogP contribution >= 0.6 is 11.6 Å². The molecule has 2 rings (SSSR count). The molecule has 0 bridgehead atoms. The standard InChI is InChI=1S/C20H23ClN2O3/c1-15(24)23(18-9-5-4-8-17(18)21)14-12-20(25)22-13-11-16-7-3-6-10-19(16)26-2/h3-10H,11-14H2,1-2H3,(H,22,25). The van der Waals surface area contributed by atoms with E-state index in [0.29, 0.717) is 23.7 Å². The van der Waals surface area contributed by atoms with E-state index in [2.05, 4.69) is 5.32 Å². The van der Waals surface area contributed by atoms with E-state index in [9.17, 15) is 9.59 Å². The van der Waals surface area contributed by atoms with Crippen LogP contribution in [-0.4, -0.2) is 32.0 Å². The first-order chi connectivity index (χ1) is 12.5. The van der Waals surface area contributed by atoms with Gasteiger partial charge in [0.2, 0.25) is 11.8 Å². The molecule has 138 valence electrons. The first kappa shape index (κ1) is 19.8. The van der Waals surface area contributed by atoms with Crippen LogP contribution in [-0.2, 0) is 16.0 Å². The molecule has 0 unspecified atom stereocenters. The van der Waals surface area contributed by atoms with E-state index in [1.807, 2.05) is 30.3 Å². The second-order valence-electron chi connectivity index (χ2n) is 5.78. The molecule has 1 N–H and O–H groups in total. The summed E-state index contributed by atoms with van der Waals surface area (Å²) < 4.78 is 5.30. The van der Waals surface area contributed by atoms with Crippen molar-refractivity contribution in [1.82, 2.24) is 5.32 Å². The largest absolute Gasteiger partial charge is 0.496 e. The Hall–Kier alpha value is -2.53. The number of methoxy groups -OCH3 is 1. The highest BCUT2D eigenvalue weighted by Crippen LogP contribution is 2.25. The van der Waals surface area contributed by atoms with Gasteiger partial charge in [0.05, 0.1) is 17.8 Å². The van der Waals surface area contributed by atoms with E-state index in [1.54, 1.807) is 25.3 Å². The lowest BCUT2D eigenvalue weighted by Gasteiger charge is -2.22. The minimum absolute atomic E-state index is 0.113. The molecule has 5 nitrogen and oxygen atoms in total. The van der Waals surface area contributed by atoms with Gasteiger partial charge in [0.15, 0.2) is 0 Å².